The summed E-state index contributed by atoms with van der Waals surface area (Å²) in [7, 11) is 0. The van der Waals surface area contributed by atoms with Crippen LogP contribution in [0.3, 0.4) is 0 Å². The third kappa shape index (κ3) is 5.32. The van der Waals surface area contributed by atoms with Crippen LogP contribution in [0.25, 0.3) is 0 Å². The normalized spacial score (nSPS) is 31.1. The van der Waals surface area contributed by atoms with Crippen molar-refractivity contribution in [2.45, 2.75) is 52.6 Å². The standard InChI is InChI=1S/C16H25NO5/c1-6-7-8-17-16-11(3)10(2)15(21-13(5)19)14(22-16)9-20-12(4)18/h1,10-11,14-17H,7-9H2,2-5H3/t10-,11-,14-,15-,16-/m1/s1. The van der Waals surface area contributed by atoms with E-state index in [-0.39, 0.29) is 30.6 Å². The maximum absolute atomic E-state index is 11.3. The zero-order chi connectivity index (χ0) is 16.7. The summed E-state index contributed by atoms with van der Waals surface area (Å²) in [5.74, 6) is 1.97. The van der Waals surface area contributed by atoms with E-state index in [2.05, 4.69) is 11.2 Å². The van der Waals surface area contributed by atoms with E-state index in [4.69, 9.17) is 20.6 Å². The van der Waals surface area contributed by atoms with Gasteiger partial charge in [-0.25, -0.2) is 0 Å². The highest BCUT2D eigenvalue weighted by atomic mass is 16.6. The lowest BCUT2D eigenvalue weighted by Gasteiger charge is -2.44. The van der Waals surface area contributed by atoms with Crippen molar-refractivity contribution in [3.8, 4) is 12.3 Å². The van der Waals surface area contributed by atoms with Crippen LogP contribution >= 0.6 is 0 Å². The average molecular weight is 311 g/mol. The maximum atomic E-state index is 11.3. The molecule has 124 valence electrons. The zero-order valence-corrected chi connectivity index (χ0v) is 13.6. The quantitative estimate of drug-likeness (QED) is 0.450. The lowest BCUT2D eigenvalue weighted by atomic mass is 9.83. The van der Waals surface area contributed by atoms with E-state index in [1.165, 1.54) is 13.8 Å². The lowest BCUT2D eigenvalue weighted by Crippen LogP contribution is -2.57. The molecule has 1 aliphatic heterocycles. The molecule has 0 amide bonds. The molecular weight excluding hydrogens is 286 g/mol. The molecule has 0 aromatic heterocycles. The Labute approximate surface area is 131 Å². The van der Waals surface area contributed by atoms with Gasteiger partial charge in [0, 0.05) is 38.6 Å². The first-order valence-electron chi connectivity index (χ1n) is 7.49. The van der Waals surface area contributed by atoms with Gasteiger partial charge in [0.15, 0.2) is 0 Å². The SMILES string of the molecule is C#CCCN[C@@H]1O[C@H](COC(C)=O)[C@H](OC(C)=O)[C@H](C)[C@H]1C. The molecule has 5 atom stereocenters. The minimum Gasteiger partial charge on any atom is -0.463 e. The van der Waals surface area contributed by atoms with E-state index >= 15 is 0 Å². The number of hydrogen-bond donors (Lipinski definition) is 1. The van der Waals surface area contributed by atoms with Gasteiger partial charge in [0.1, 0.15) is 25.0 Å². The van der Waals surface area contributed by atoms with E-state index in [1.54, 1.807) is 0 Å². The molecule has 1 N–H and O–H groups in total. The molecule has 0 bridgehead atoms. The van der Waals surface area contributed by atoms with Crippen LogP contribution in [-0.4, -0.2) is 43.5 Å². The average Bonchev–Trinajstić information content (AvgIpc) is 2.44. The minimum absolute atomic E-state index is 0.0532. The van der Waals surface area contributed by atoms with Gasteiger partial charge in [-0.2, -0.15) is 0 Å². The summed E-state index contributed by atoms with van der Waals surface area (Å²) in [5.41, 5.74) is 0. The van der Waals surface area contributed by atoms with Crippen LogP contribution < -0.4 is 5.32 Å². The van der Waals surface area contributed by atoms with Gasteiger partial charge >= 0.3 is 11.9 Å². The van der Waals surface area contributed by atoms with Gasteiger partial charge in [0.25, 0.3) is 0 Å². The highest BCUT2D eigenvalue weighted by Gasteiger charge is 2.43. The summed E-state index contributed by atoms with van der Waals surface area (Å²) in [6.45, 7) is 7.40. The molecule has 0 aliphatic carbocycles. The number of esters is 2. The second-order valence-electron chi connectivity index (χ2n) is 5.60. The van der Waals surface area contributed by atoms with Crippen molar-refractivity contribution in [2.24, 2.45) is 11.8 Å². The van der Waals surface area contributed by atoms with Crippen LogP contribution in [0, 0.1) is 24.2 Å². The van der Waals surface area contributed by atoms with Crippen LogP contribution in [-0.2, 0) is 23.8 Å². The molecule has 6 heteroatoms. The Kier molecular flexibility index (Phi) is 7.36. The second kappa shape index (κ2) is 8.76. The molecule has 1 aliphatic rings. The van der Waals surface area contributed by atoms with Crippen LogP contribution in [0.5, 0.6) is 0 Å². The number of carbonyl (C=O) groups excluding carboxylic acids is 2. The molecule has 0 unspecified atom stereocenters. The highest BCUT2D eigenvalue weighted by Crippen LogP contribution is 2.32. The van der Waals surface area contributed by atoms with Gasteiger partial charge in [-0.15, -0.1) is 12.3 Å². The van der Waals surface area contributed by atoms with E-state index in [0.717, 1.165) is 0 Å². The smallest absolute Gasteiger partial charge is 0.303 e. The van der Waals surface area contributed by atoms with Crippen molar-refractivity contribution in [3.05, 3.63) is 0 Å². The summed E-state index contributed by atoms with van der Waals surface area (Å²) in [6.07, 6.45) is 4.67. The Hall–Kier alpha value is -1.58. The topological polar surface area (TPSA) is 73.9 Å². The molecule has 6 nitrogen and oxygen atoms in total. The molecule has 0 spiro atoms. The molecule has 1 saturated heterocycles. The summed E-state index contributed by atoms with van der Waals surface area (Å²) < 4.78 is 16.4. The Bertz CT molecular complexity index is 431. The van der Waals surface area contributed by atoms with Crippen molar-refractivity contribution < 1.29 is 23.8 Å². The Morgan fingerprint density at radius 2 is 1.91 bits per heavy atom. The van der Waals surface area contributed by atoms with E-state index in [0.29, 0.717) is 13.0 Å². The monoisotopic (exact) mass is 311 g/mol. The van der Waals surface area contributed by atoms with Crippen molar-refractivity contribution in [3.63, 3.8) is 0 Å². The predicted molar refractivity (Wildman–Crippen MR) is 80.6 cm³/mol. The van der Waals surface area contributed by atoms with E-state index in [1.807, 2.05) is 13.8 Å². The first-order chi connectivity index (χ1) is 10.4. The van der Waals surface area contributed by atoms with Crippen molar-refractivity contribution >= 4 is 11.9 Å². The molecule has 0 saturated carbocycles. The molecule has 1 rings (SSSR count). The van der Waals surface area contributed by atoms with E-state index < -0.39 is 18.2 Å². The minimum atomic E-state index is -0.498. The third-order valence-corrected chi connectivity index (χ3v) is 3.88. The molecule has 1 fully saturated rings. The number of ether oxygens (including phenoxy) is 3. The summed E-state index contributed by atoms with van der Waals surface area (Å²) in [5, 5.41) is 3.25. The second-order valence-corrected chi connectivity index (χ2v) is 5.60. The molecule has 22 heavy (non-hydrogen) atoms. The van der Waals surface area contributed by atoms with Crippen LogP contribution in [0.1, 0.15) is 34.1 Å². The van der Waals surface area contributed by atoms with Crippen molar-refractivity contribution in [1.29, 1.82) is 0 Å². The van der Waals surface area contributed by atoms with Gasteiger partial charge < -0.3 is 14.2 Å². The Morgan fingerprint density at radius 1 is 1.23 bits per heavy atom. The first kappa shape index (κ1) is 18.5. The van der Waals surface area contributed by atoms with Crippen LogP contribution in [0.15, 0.2) is 0 Å². The van der Waals surface area contributed by atoms with Gasteiger partial charge in [-0.1, -0.05) is 13.8 Å². The fourth-order valence-corrected chi connectivity index (χ4v) is 2.53. The number of hydrogen-bond acceptors (Lipinski definition) is 6. The van der Waals surface area contributed by atoms with Crippen LogP contribution in [0.2, 0.25) is 0 Å². The molecule has 0 radical (unpaired) electrons. The van der Waals surface area contributed by atoms with E-state index in [9.17, 15) is 9.59 Å². The van der Waals surface area contributed by atoms with Gasteiger partial charge in [-0.3, -0.25) is 14.9 Å². The fraction of sp³-hybridized carbons (Fsp3) is 0.750. The summed E-state index contributed by atoms with van der Waals surface area (Å²) in [6, 6.07) is 0. The number of nitrogens with one attached hydrogen (secondary N) is 1. The van der Waals surface area contributed by atoms with Crippen molar-refractivity contribution in [1.82, 2.24) is 5.32 Å². The van der Waals surface area contributed by atoms with Crippen molar-refractivity contribution in [2.75, 3.05) is 13.2 Å². The lowest BCUT2D eigenvalue weighted by molar-refractivity contribution is -0.210. The molecular formula is C16H25NO5. The number of terminal acetylenes is 1. The Balaban J connectivity index is 2.77. The number of carbonyl (C=O) groups is 2. The van der Waals surface area contributed by atoms with Gasteiger partial charge in [0.2, 0.25) is 0 Å². The zero-order valence-electron chi connectivity index (χ0n) is 13.6. The molecule has 0 aromatic rings. The fourth-order valence-electron chi connectivity index (χ4n) is 2.53. The van der Waals surface area contributed by atoms with Crippen LogP contribution in [0.4, 0.5) is 0 Å². The third-order valence-electron chi connectivity index (χ3n) is 3.88. The largest absolute Gasteiger partial charge is 0.463 e. The van der Waals surface area contributed by atoms with Gasteiger partial charge in [0.05, 0.1) is 0 Å². The molecule has 0 aromatic carbocycles. The molecule has 1 heterocycles. The number of rotatable bonds is 6. The predicted octanol–water partition coefficient (Wildman–Crippen LogP) is 1.09. The Morgan fingerprint density at radius 3 is 2.45 bits per heavy atom. The summed E-state index contributed by atoms with van der Waals surface area (Å²) >= 11 is 0. The highest BCUT2D eigenvalue weighted by molar-refractivity contribution is 5.66. The summed E-state index contributed by atoms with van der Waals surface area (Å²) in [4.78, 5) is 22.3. The van der Waals surface area contributed by atoms with Gasteiger partial charge in [-0.05, 0) is 0 Å². The maximum Gasteiger partial charge on any atom is 0.303 e. The first-order valence-corrected chi connectivity index (χ1v) is 7.49.